The Hall–Kier alpha value is -2.88. The number of aromatic amines is 2. The van der Waals surface area contributed by atoms with Crippen molar-refractivity contribution in [1.82, 2.24) is 9.97 Å². The van der Waals surface area contributed by atoms with Crippen molar-refractivity contribution in [1.29, 1.82) is 0 Å². The molecule has 0 unspecified atom stereocenters. The third kappa shape index (κ3) is 1.77. The van der Waals surface area contributed by atoms with Crippen LogP contribution in [0, 0.1) is 18.8 Å². The molecule has 4 heteroatoms. The lowest BCUT2D eigenvalue weighted by Crippen LogP contribution is -1.77. The van der Waals surface area contributed by atoms with Crippen LogP contribution in [0.5, 0.6) is 0 Å². The van der Waals surface area contributed by atoms with Crippen molar-refractivity contribution >= 4 is 27.5 Å². The van der Waals surface area contributed by atoms with E-state index in [9.17, 15) is 4.91 Å². The summed E-state index contributed by atoms with van der Waals surface area (Å²) in [6.07, 6.45) is 1.93. The van der Waals surface area contributed by atoms with Crippen LogP contribution in [-0.2, 0) is 0 Å². The van der Waals surface area contributed by atoms with E-state index in [1.807, 2.05) is 31.3 Å². The highest BCUT2D eigenvalue weighted by Gasteiger charge is 2.17. The summed E-state index contributed by atoms with van der Waals surface area (Å²) in [4.78, 5) is 18.0. The number of nitrogens with zero attached hydrogens (tertiary/aromatic N) is 1. The number of rotatable bonds is 2. The van der Waals surface area contributed by atoms with Crippen LogP contribution in [0.25, 0.3) is 33.1 Å². The molecule has 2 heterocycles. The van der Waals surface area contributed by atoms with Crippen LogP contribution >= 0.6 is 0 Å². The van der Waals surface area contributed by atoms with Crippen LogP contribution < -0.4 is 0 Å². The van der Waals surface area contributed by atoms with Gasteiger partial charge in [-0.1, -0.05) is 23.3 Å². The molecule has 0 radical (unpaired) electrons. The van der Waals surface area contributed by atoms with E-state index in [-0.39, 0.29) is 0 Å². The van der Waals surface area contributed by atoms with Gasteiger partial charge >= 0.3 is 0 Å². The number of aryl methyl sites for hydroxylation is 2. The highest BCUT2D eigenvalue weighted by atomic mass is 16.3. The molecule has 2 N–H and O–H groups in total. The third-order valence-electron chi connectivity index (χ3n) is 4.12. The van der Waals surface area contributed by atoms with Crippen LogP contribution in [-0.4, -0.2) is 9.97 Å². The normalized spacial score (nSPS) is 11.4. The van der Waals surface area contributed by atoms with E-state index in [0.29, 0.717) is 5.69 Å². The average molecular weight is 289 g/mol. The van der Waals surface area contributed by atoms with Gasteiger partial charge < -0.3 is 9.97 Å². The molecule has 4 nitrogen and oxygen atoms in total. The maximum atomic E-state index is 11.4. The number of benzene rings is 2. The lowest BCUT2D eigenvalue weighted by Gasteiger charge is -1.98. The quantitative estimate of drug-likeness (QED) is 0.481. The molecular formula is C18H15N3O. The Bertz CT molecular complexity index is 1020. The molecule has 0 fully saturated rings. The number of nitrogens with one attached hydrogen (secondary N) is 2. The number of H-pyrrole nitrogens is 2. The van der Waals surface area contributed by atoms with Crippen LogP contribution in [0.3, 0.4) is 0 Å². The van der Waals surface area contributed by atoms with Crippen molar-refractivity contribution in [3.63, 3.8) is 0 Å². The molecule has 0 aliphatic carbocycles. The summed E-state index contributed by atoms with van der Waals surface area (Å²) >= 11 is 0. The standard InChI is InChI=1S/C18H15N3O/c1-10-3-5-15-12(7-10)14(9-19-15)17-18(21-22)13-8-11(2)4-6-16(13)20-17/h3-9,19-20H,1-2H3. The maximum absolute atomic E-state index is 11.4. The second kappa shape index (κ2) is 4.56. The van der Waals surface area contributed by atoms with Gasteiger partial charge in [0.1, 0.15) is 5.69 Å². The Morgan fingerprint density at radius 3 is 2.32 bits per heavy atom. The molecule has 0 saturated heterocycles. The number of nitroso groups, excluding NO2 is 1. The molecule has 4 aromatic rings. The van der Waals surface area contributed by atoms with Crippen molar-refractivity contribution in [2.45, 2.75) is 13.8 Å². The van der Waals surface area contributed by atoms with E-state index in [0.717, 1.165) is 38.6 Å². The molecule has 0 saturated carbocycles. The average Bonchev–Trinajstić information content (AvgIpc) is 3.06. The van der Waals surface area contributed by atoms with Gasteiger partial charge in [0.15, 0.2) is 0 Å². The second-order valence-electron chi connectivity index (χ2n) is 5.74. The minimum absolute atomic E-state index is 0.473. The molecular weight excluding hydrogens is 274 g/mol. The van der Waals surface area contributed by atoms with Crippen molar-refractivity contribution in [2.24, 2.45) is 5.18 Å². The molecule has 2 aromatic heterocycles. The van der Waals surface area contributed by atoms with Gasteiger partial charge in [-0.2, -0.15) is 0 Å². The number of hydrogen-bond donors (Lipinski definition) is 2. The Labute approximate surface area is 127 Å². The van der Waals surface area contributed by atoms with E-state index in [2.05, 4.69) is 40.3 Å². The Kier molecular flexibility index (Phi) is 2.66. The van der Waals surface area contributed by atoms with E-state index < -0.39 is 0 Å². The molecule has 4 rings (SSSR count). The zero-order valence-corrected chi connectivity index (χ0v) is 12.4. The fraction of sp³-hybridized carbons (Fsp3) is 0.111. The second-order valence-corrected chi connectivity index (χ2v) is 5.74. The summed E-state index contributed by atoms with van der Waals surface area (Å²) in [7, 11) is 0. The fourth-order valence-electron chi connectivity index (χ4n) is 3.02. The predicted octanol–water partition coefficient (Wildman–Crippen LogP) is 5.33. The zero-order valence-electron chi connectivity index (χ0n) is 12.4. The third-order valence-corrected chi connectivity index (χ3v) is 4.12. The van der Waals surface area contributed by atoms with Crippen molar-refractivity contribution < 1.29 is 0 Å². The molecule has 0 bridgehead atoms. The van der Waals surface area contributed by atoms with Gasteiger partial charge in [-0.15, -0.1) is 4.91 Å². The van der Waals surface area contributed by atoms with Crippen LogP contribution in [0.1, 0.15) is 11.1 Å². The first-order valence-corrected chi connectivity index (χ1v) is 7.21. The highest BCUT2D eigenvalue weighted by Crippen LogP contribution is 2.40. The van der Waals surface area contributed by atoms with Crippen LogP contribution in [0.2, 0.25) is 0 Å². The van der Waals surface area contributed by atoms with Crippen molar-refractivity contribution in [3.05, 3.63) is 58.6 Å². The SMILES string of the molecule is Cc1ccc2[nH]cc(-c3[nH]c4ccc(C)cc4c3N=O)c2c1. The van der Waals surface area contributed by atoms with E-state index in [1.54, 1.807) is 0 Å². The van der Waals surface area contributed by atoms with Crippen LogP contribution in [0.4, 0.5) is 5.69 Å². The topological polar surface area (TPSA) is 61.0 Å². The summed E-state index contributed by atoms with van der Waals surface area (Å²) in [6, 6.07) is 12.2. The first kappa shape index (κ1) is 12.8. The van der Waals surface area contributed by atoms with Gasteiger partial charge in [0.05, 0.1) is 5.69 Å². The molecule has 108 valence electrons. The van der Waals surface area contributed by atoms with Gasteiger partial charge in [-0.3, -0.25) is 0 Å². The summed E-state index contributed by atoms with van der Waals surface area (Å²) in [5, 5.41) is 5.25. The zero-order chi connectivity index (χ0) is 15.3. The molecule has 22 heavy (non-hydrogen) atoms. The van der Waals surface area contributed by atoms with E-state index in [4.69, 9.17) is 0 Å². The van der Waals surface area contributed by atoms with Crippen molar-refractivity contribution in [3.8, 4) is 11.3 Å². The molecule has 0 spiro atoms. The summed E-state index contributed by atoms with van der Waals surface area (Å²) in [5.74, 6) is 0. The number of hydrogen-bond acceptors (Lipinski definition) is 2. The molecule has 0 atom stereocenters. The Balaban J connectivity index is 2.07. The maximum Gasteiger partial charge on any atom is 0.141 e. The monoisotopic (exact) mass is 289 g/mol. The smallest absolute Gasteiger partial charge is 0.141 e. The summed E-state index contributed by atoms with van der Waals surface area (Å²) in [6.45, 7) is 4.07. The number of aromatic nitrogens is 2. The summed E-state index contributed by atoms with van der Waals surface area (Å²) in [5.41, 5.74) is 6.49. The Morgan fingerprint density at radius 2 is 1.59 bits per heavy atom. The number of fused-ring (bicyclic) bond motifs is 2. The van der Waals surface area contributed by atoms with Crippen molar-refractivity contribution in [2.75, 3.05) is 0 Å². The van der Waals surface area contributed by atoms with Gasteiger partial charge in [0.2, 0.25) is 0 Å². The van der Waals surface area contributed by atoms with Gasteiger partial charge in [0, 0.05) is 33.6 Å². The lowest BCUT2D eigenvalue weighted by atomic mass is 10.1. The summed E-state index contributed by atoms with van der Waals surface area (Å²) < 4.78 is 0. The lowest BCUT2D eigenvalue weighted by molar-refractivity contribution is 1.41. The van der Waals surface area contributed by atoms with Gasteiger partial charge in [-0.05, 0) is 43.3 Å². The first-order chi connectivity index (χ1) is 10.7. The molecule has 2 aromatic carbocycles. The minimum Gasteiger partial charge on any atom is -0.360 e. The largest absolute Gasteiger partial charge is 0.360 e. The molecule has 0 aliphatic heterocycles. The Morgan fingerprint density at radius 1 is 0.909 bits per heavy atom. The van der Waals surface area contributed by atoms with E-state index >= 15 is 0 Å². The van der Waals surface area contributed by atoms with Gasteiger partial charge in [0.25, 0.3) is 0 Å². The molecule has 0 amide bonds. The first-order valence-electron chi connectivity index (χ1n) is 7.21. The predicted molar refractivity (Wildman–Crippen MR) is 90.5 cm³/mol. The highest BCUT2D eigenvalue weighted by molar-refractivity contribution is 6.05. The van der Waals surface area contributed by atoms with Gasteiger partial charge in [-0.25, -0.2) is 0 Å². The van der Waals surface area contributed by atoms with E-state index in [1.165, 1.54) is 5.56 Å². The van der Waals surface area contributed by atoms with Crippen LogP contribution in [0.15, 0.2) is 47.8 Å². The minimum atomic E-state index is 0.473. The molecule has 0 aliphatic rings. The fourth-order valence-corrected chi connectivity index (χ4v) is 3.02.